The van der Waals surface area contributed by atoms with Crippen LogP contribution in [0.2, 0.25) is 0 Å². The number of likely N-dealkylation sites (tertiary alicyclic amines) is 1. The van der Waals surface area contributed by atoms with Crippen LogP contribution in [0.25, 0.3) is 10.9 Å². The number of para-hydroxylation sites is 1. The van der Waals surface area contributed by atoms with E-state index < -0.39 is 32.7 Å². The van der Waals surface area contributed by atoms with E-state index in [4.69, 9.17) is 4.74 Å². The number of fused-ring (bicyclic) bond motifs is 1. The number of nitrogens with one attached hydrogen (secondary N) is 1. The lowest BCUT2D eigenvalue weighted by Gasteiger charge is -2.48. The molecular formula is C27H30FN3O6S. The average Bonchev–Trinajstić information content (AvgIpc) is 2.84. The third kappa shape index (κ3) is 5.63. The van der Waals surface area contributed by atoms with Crippen LogP contribution < -0.4 is 10.2 Å². The van der Waals surface area contributed by atoms with Gasteiger partial charge in [-0.25, -0.2) is 18.3 Å². The topological polar surface area (TPSA) is 126 Å². The molecule has 9 nitrogen and oxygen atoms in total. The highest BCUT2D eigenvalue weighted by Gasteiger charge is 2.53. The van der Waals surface area contributed by atoms with Crippen LogP contribution in [0.4, 0.5) is 4.39 Å². The van der Waals surface area contributed by atoms with Crippen LogP contribution in [-0.2, 0) is 26.0 Å². The van der Waals surface area contributed by atoms with Gasteiger partial charge >= 0.3 is 0 Å². The van der Waals surface area contributed by atoms with Gasteiger partial charge in [0.25, 0.3) is 5.91 Å². The summed E-state index contributed by atoms with van der Waals surface area (Å²) in [6.45, 7) is 5.49. The van der Waals surface area contributed by atoms with Gasteiger partial charge < -0.3 is 9.64 Å². The number of hydroxylamine groups is 1. The second-order valence-corrected chi connectivity index (χ2v) is 12.1. The number of carbonyl (C=O) groups excluding carboxylic acids is 2. The molecule has 2 amide bonds. The van der Waals surface area contributed by atoms with E-state index in [0.29, 0.717) is 16.8 Å². The van der Waals surface area contributed by atoms with E-state index in [-0.39, 0.29) is 48.4 Å². The van der Waals surface area contributed by atoms with Crippen LogP contribution in [0.15, 0.2) is 53.4 Å². The highest BCUT2D eigenvalue weighted by molar-refractivity contribution is 7.91. The van der Waals surface area contributed by atoms with Crippen molar-refractivity contribution in [1.29, 1.82) is 0 Å². The van der Waals surface area contributed by atoms with Gasteiger partial charge in [0, 0.05) is 36.2 Å². The van der Waals surface area contributed by atoms with Gasteiger partial charge in [-0.1, -0.05) is 26.0 Å². The van der Waals surface area contributed by atoms with Crippen LogP contribution in [0, 0.1) is 24.1 Å². The van der Waals surface area contributed by atoms with E-state index in [1.54, 1.807) is 30.6 Å². The number of halogens is 1. The summed E-state index contributed by atoms with van der Waals surface area (Å²) in [5.41, 5.74) is 1.75. The molecule has 0 aliphatic carbocycles. The molecule has 0 radical (unpaired) electrons. The van der Waals surface area contributed by atoms with Gasteiger partial charge in [-0.05, 0) is 49.2 Å². The lowest BCUT2D eigenvalue weighted by Crippen LogP contribution is -2.67. The van der Waals surface area contributed by atoms with E-state index in [1.807, 2.05) is 13.8 Å². The summed E-state index contributed by atoms with van der Waals surface area (Å²) in [5.74, 6) is -1.47. The van der Waals surface area contributed by atoms with E-state index in [2.05, 4.69) is 4.98 Å². The largest absolute Gasteiger partial charge is 0.489 e. The van der Waals surface area contributed by atoms with Gasteiger partial charge in [0.2, 0.25) is 5.91 Å². The molecule has 1 aromatic heterocycles. The van der Waals surface area contributed by atoms with Crippen LogP contribution in [0.1, 0.15) is 31.5 Å². The smallest absolute Gasteiger partial charge is 0.254 e. The molecule has 11 heteroatoms. The zero-order valence-corrected chi connectivity index (χ0v) is 22.2. The standard InChI is InChI=1S/C27H30FN3O6S/c1-17(2)11-24(32)31-14-27(15-31,26(33)30-34)16-38(35,36)21-9-7-20(8-10-21)37-13-19-12-18(3)29-25-22(19)5-4-6-23(25)28/h4-10,12,17,34H,11,13-16H2,1-3H3,(H,30,33). The molecule has 202 valence electrons. The van der Waals surface area contributed by atoms with Crippen LogP contribution in [0.5, 0.6) is 5.75 Å². The Morgan fingerprint density at radius 1 is 1.18 bits per heavy atom. The van der Waals surface area contributed by atoms with E-state index in [0.717, 1.165) is 5.56 Å². The summed E-state index contributed by atoms with van der Waals surface area (Å²) in [6.07, 6.45) is 0.287. The molecule has 38 heavy (non-hydrogen) atoms. The molecule has 0 atom stereocenters. The average molecular weight is 544 g/mol. The normalized spacial score (nSPS) is 14.8. The number of aryl methyl sites for hydroxylation is 1. The summed E-state index contributed by atoms with van der Waals surface area (Å²) in [6, 6.07) is 12.3. The van der Waals surface area contributed by atoms with Gasteiger partial charge in [0.1, 0.15) is 29.1 Å². The predicted molar refractivity (Wildman–Crippen MR) is 138 cm³/mol. The van der Waals surface area contributed by atoms with Crippen molar-refractivity contribution in [2.24, 2.45) is 11.3 Å². The highest BCUT2D eigenvalue weighted by atomic mass is 32.2. The number of benzene rings is 2. The molecule has 0 saturated carbocycles. The summed E-state index contributed by atoms with van der Waals surface area (Å²) >= 11 is 0. The molecule has 0 bridgehead atoms. The summed E-state index contributed by atoms with van der Waals surface area (Å²) in [4.78, 5) is 30.4. The van der Waals surface area contributed by atoms with Crippen molar-refractivity contribution in [1.82, 2.24) is 15.4 Å². The minimum Gasteiger partial charge on any atom is -0.489 e. The molecule has 1 saturated heterocycles. The molecule has 4 rings (SSSR count). The van der Waals surface area contributed by atoms with Crippen LogP contribution in [-0.4, -0.2) is 54.2 Å². The summed E-state index contributed by atoms with van der Waals surface area (Å²) < 4.78 is 46.4. The van der Waals surface area contributed by atoms with E-state index in [1.165, 1.54) is 35.2 Å². The summed E-state index contributed by atoms with van der Waals surface area (Å²) in [7, 11) is -3.94. The highest BCUT2D eigenvalue weighted by Crippen LogP contribution is 2.35. The molecule has 1 aliphatic heterocycles. The lowest BCUT2D eigenvalue weighted by atomic mass is 9.80. The molecule has 2 aromatic carbocycles. The summed E-state index contributed by atoms with van der Waals surface area (Å²) in [5, 5.41) is 9.85. The Morgan fingerprint density at radius 2 is 1.87 bits per heavy atom. The first-order valence-electron chi connectivity index (χ1n) is 12.2. The van der Waals surface area contributed by atoms with Gasteiger partial charge in [-0.3, -0.25) is 19.8 Å². The molecule has 0 spiro atoms. The molecule has 0 unspecified atom stereocenters. The number of rotatable bonds is 9. The fourth-order valence-electron chi connectivity index (χ4n) is 4.66. The Kier molecular flexibility index (Phi) is 7.70. The number of pyridine rings is 1. The quantitative estimate of drug-likeness (QED) is 0.313. The van der Waals surface area contributed by atoms with Gasteiger partial charge in [-0.15, -0.1) is 0 Å². The van der Waals surface area contributed by atoms with Crippen molar-refractivity contribution in [3.63, 3.8) is 0 Å². The SMILES string of the molecule is Cc1cc(COc2ccc(S(=O)(=O)CC3(C(=O)NO)CN(C(=O)CC(C)C)C3)cc2)c2cccc(F)c2n1. The maximum absolute atomic E-state index is 14.2. The third-order valence-electron chi connectivity index (χ3n) is 6.55. The Morgan fingerprint density at radius 3 is 2.50 bits per heavy atom. The number of hydrogen-bond acceptors (Lipinski definition) is 7. The maximum Gasteiger partial charge on any atom is 0.254 e. The Balaban J connectivity index is 1.46. The predicted octanol–water partition coefficient (Wildman–Crippen LogP) is 3.42. The first kappa shape index (κ1) is 27.5. The number of sulfone groups is 1. The lowest BCUT2D eigenvalue weighted by molar-refractivity contribution is -0.157. The molecule has 1 aliphatic rings. The number of nitrogens with zero attached hydrogens (tertiary/aromatic N) is 2. The molecule has 2 N–H and O–H groups in total. The number of aromatic nitrogens is 1. The molecule has 3 aromatic rings. The second-order valence-electron chi connectivity index (χ2n) is 10.1. The van der Waals surface area contributed by atoms with E-state index >= 15 is 0 Å². The van der Waals surface area contributed by atoms with Crippen LogP contribution >= 0.6 is 0 Å². The monoisotopic (exact) mass is 543 g/mol. The maximum atomic E-state index is 14.2. The third-order valence-corrected chi connectivity index (χ3v) is 8.48. The van der Waals surface area contributed by atoms with Crippen molar-refractivity contribution in [3.05, 3.63) is 65.6 Å². The van der Waals surface area contributed by atoms with Crippen molar-refractivity contribution >= 4 is 32.6 Å². The van der Waals surface area contributed by atoms with Crippen molar-refractivity contribution in [2.45, 2.75) is 38.7 Å². The number of amides is 2. The number of carbonyl (C=O) groups is 2. The van der Waals surface area contributed by atoms with Crippen molar-refractivity contribution in [3.8, 4) is 5.75 Å². The minimum atomic E-state index is -3.94. The van der Waals surface area contributed by atoms with Gasteiger partial charge in [-0.2, -0.15) is 0 Å². The Bertz CT molecular complexity index is 1470. The van der Waals surface area contributed by atoms with Gasteiger partial charge in [0.05, 0.1) is 10.6 Å². The minimum absolute atomic E-state index is 0.0193. The van der Waals surface area contributed by atoms with Crippen LogP contribution in [0.3, 0.4) is 0 Å². The number of hydrogen-bond donors (Lipinski definition) is 2. The van der Waals surface area contributed by atoms with Crippen molar-refractivity contribution < 1.29 is 32.3 Å². The van der Waals surface area contributed by atoms with Crippen molar-refractivity contribution in [2.75, 3.05) is 18.8 Å². The molecule has 1 fully saturated rings. The van der Waals surface area contributed by atoms with E-state index in [9.17, 15) is 27.6 Å². The zero-order chi connectivity index (χ0) is 27.7. The molecular weight excluding hydrogens is 513 g/mol. The Hall–Kier alpha value is -3.57. The fraction of sp³-hybridized carbons (Fsp3) is 0.370. The zero-order valence-electron chi connectivity index (χ0n) is 21.4. The second kappa shape index (κ2) is 10.7. The first-order chi connectivity index (χ1) is 17.9. The van der Waals surface area contributed by atoms with Gasteiger partial charge in [0.15, 0.2) is 9.84 Å². The Labute approximate surface area is 220 Å². The fourth-order valence-corrected chi connectivity index (χ4v) is 6.41. The number of ether oxygens (including phenoxy) is 1. The molecule has 2 heterocycles. The first-order valence-corrected chi connectivity index (χ1v) is 13.8.